The second-order valence-corrected chi connectivity index (χ2v) is 9.31. The Morgan fingerprint density at radius 2 is 2.00 bits per heavy atom. The number of benzene rings is 2. The van der Waals surface area contributed by atoms with E-state index in [4.69, 9.17) is 14.2 Å². The monoisotopic (exact) mass is 422 g/mol. The summed E-state index contributed by atoms with van der Waals surface area (Å²) in [5.74, 6) is 1.26. The minimum absolute atomic E-state index is 0.0649. The maximum absolute atomic E-state index is 12.9. The normalized spacial score (nSPS) is 23.9. The first-order valence-corrected chi connectivity index (χ1v) is 10.6. The van der Waals surface area contributed by atoms with Crippen LogP contribution in [0.3, 0.4) is 0 Å². The predicted molar refractivity (Wildman–Crippen MR) is 115 cm³/mol. The van der Waals surface area contributed by atoms with Crippen molar-refractivity contribution in [2.75, 3.05) is 25.0 Å². The van der Waals surface area contributed by atoms with Crippen LogP contribution in [-0.2, 0) is 14.9 Å². The summed E-state index contributed by atoms with van der Waals surface area (Å²) in [6.45, 7) is 6.91. The number of nitrogens with one attached hydrogen (secondary N) is 1. The van der Waals surface area contributed by atoms with Crippen LogP contribution >= 0.6 is 0 Å². The number of anilines is 1. The molecule has 1 fully saturated rings. The van der Waals surface area contributed by atoms with Gasteiger partial charge in [0.2, 0.25) is 5.91 Å². The zero-order valence-corrected chi connectivity index (χ0v) is 17.9. The number of ether oxygens (including phenoxy) is 3. The van der Waals surface area contributed by atoms with E-state index in [2.05, 4.69) is 5.32 Å². The Labute approximate surface area is 181 Å². The highest BCUT2D eigenvalue weighted by Crippen LogP contribution is 2.50. The molecule has 3 aliphatic heterocycles. The van der Waals surface area contributed by atoms with Crippen LogP contribution in [0, 0.1) is 0 Å². The predicted octanol–water partition coefficient (Wildman–Crippen LogP) is 3.71. The highest BCUT2D eigenvalue weighted by molar-refractivity contribution is 6.09. The van der Waals surface area contributed by atoms with Gasteiger partial charge in [0.15, 0.2) is 0 Å². The molecule has 7 heteroatoms. The zero-order chi connectivity index (χ0) is 21.8. The van der Waals surface area contributed by atoms with Gasteiger partial charge in [-0.05, 0) is 38.5 Å². The van der Waals surface area contributed by atoms with Crippen molar-refractivity contribution in [3.63, 3.8) is 0 Å². The molecule has 2 unspecified atom stereocenters. The first-order valence-electron chi connectivity index (χ1n) is 10.6. The van der Waals surface area contributed by atoms with E-state index in [1.54, 1.807) is 4.90 Å². The fraction of sp³-hybridized carbons (Fsp3) is 0.417. The van der Waals surface area contributed by atoms with Gasteiger partial charge in [0.25, 0.3) is 0 Å². The molecule has 0 aliphatic carbocycles. The van der Waals surface area contributed by atoms with Crippen molar-refractivity contribution in [3.8, 4) is 11.5 Å². The molecule has 3 heterocycles. The van der Waals surface area contributed by atoms with Crippen LogP contribution in [0.15, 0.2) is 42.5 Å². The van der Waals surface area contributed by atoms with E-state index in [0.29, 0.717) is 24.6 Å². The van der Waals surface area contributed by atoms with Crippen LogP contribution in [0.5, 0.6) is 11.5 Å². The lowest BCUT2D eigenvalue weighted by Gasteiger charge is -2.24. The van der Waals surface area contributed by atoms with Crippen LogP contribution in [0.2, 0.25) is 0 Å². The maximum Gasteiger partial charge on any atom is 0.410 e. The average molecular weight is 422 g/mol. The van der Waals surface area contributed by atoms with Crippen molar-refractivity contribution in [2.45, 2.75) is 44.3 Å². The summed E-state index contributed by atoms with van der Waals surface area (Å²) in [4.78, 5) is 26.9. The van der Waals surface area contributed by atoms with Gasteiger partial charge in [0, 0.05) is 30.3 Å². The fourth-order valence-corrected chi connectivity index (χ4v) is 4.55. The van der Waals surface area contributed by atoms with E-state index < -0.39 is 11.0 Å². The SMILES string of the molecule is CC(C)(C)OC(=O)N1CCC(Oc2ccc3c(c2)OCC32C(=O)Nc3ccccc32)C1. The van der Waals surface area contributed by atoms with Crippen LogP contribution in [0.1, 0.15) is 38.3 Å². The van der Waals surface area contributed by atoms with Gasteiger partial charge in [-0.3, -0.25) is 4.79 Å². The maximum atomic E-state index is 12.9. The summed E-state index contributed by atoms with van der Waals surface area (Å²) >= 11 is 0. The largest absolute Gasteiger partial charge is 0.491 e. The molecule has 1 N–H and O–H groups in total. The molecule has 5 rings (SSSR count). The van der Waals surface area contributed by atoms with Crippen LogP contribution in [0.4, 0.5) is 10.5 Å². The highest BCUT2D eigenvalue weighted by Gasteiger charge is 2.53. The summed E-state index contributed by atoms with van der Waals surface area (Å²) in [6.07, 6.45) is 0.303. The molecule has 2 atom stereocenters. The molecule has 2 amide bonds. The third-order valence-electron chi connectivity index (χ3n) is 5.98. The molecule has 0 radical (unpaired) electrons. The van der Waals surface area contributed by atoms with Crippen LogP contribution in [0.25, 0.3) is 0 Å². The summed E-state index contributed by atoms with van der Waals surface area (Å²) in [5.41, 5.74) is 1.29. The van der Waals surface area contributed by atoms with Crippen molar-refractivity contribution in [1.29, 1.82) is 0 Å². The molecule has 162 valence electrons. The van der Waals surface area contributed by atoms with E-state index >= 15 is 0 Å². The Hall–Kier alpha value is -3.22. The van der Waals surface area contributed by atoms with Gasteiger partial charge < -0.3 is 24.4 Å². The average Bonchev–Trinajstić information content (AvgIpc) is 3.39. The number of carbonyl (C=O) groups excluding carboxylic acids is 2. The molecule has 3 aliphatic rings. The Morgan fingerprint density at radius 3 is 2.81 bits per heavy atom. The van der Waals surface area contributed by atoms with E-state index in [1.165, 1.54) is 0 Å². The minimum Gasteiger partial charge on any atom is -0.491 e. The highest BCUT2D eigenvalue weighted by atomic mass is 16.6. The van der Waals surface area contributed by atoms with Crippen molar-refractivity contribution in [3.05, 3.63) is 53.6 Å². The molecular weight excluding hydrogens is 396 g/mol. The third-order valence-corrected chi connectivity index (χ3v) is 5.98. The quantitative estimate of drug-likeness (QED) is 0.799. The summed E-state index contributed by atoms with van der Waals surface area (Å²) in [5, 5.41) is 2.98. The third kappa shape index (κ3) is 3.28. The summed E-state index contributed by atoms with van der Waals surface area (Å²) in [6, 6.07) is 13.4. The molecular formula is C24H26N2O5. The van der Waals surface area contributed by atoms with E-state index in [1.807, 2.05) is 63.2 Å². The second-order valence-electron chi connectivity index (χ2n) is 9.31. The van der Waals surface area contributed by atoms with Crippen molar-refractivity contribution in [2.24, 2.45) is 0 Å². The lowest BCUT2D eigenvalue weighted by molar-refractivity contribution is -0.119. The Kier molecular flexibility index (Phi) is 4.39. The standard InChI is InChI=1S/C24H26N2O5/c1-23(2,3)31-22(28)26-11-10-16(13-26)30-15-8-9-18-20(12-15)29-14-24(18)17-6-4-5-7-19(17)25-21(24)27/h4-9,12,16H,10-11,13-14H2,1-3H3,(H,25,27). The summed E-state index contributed by atoms with van der Waals surface area (Å²) in [7, 11) is 0. The Balaban J connectivity index is 1.32. The Morgan fingerprint density at radius 1 is 1.19 bits per heavy atom. The lowest BCUT2D eigenvalue weighted by Crippen LogP contribution is -2.37. The molecule has 1 saturated heterocycles. The summed E-state index contributed by atoms with van der Waals surface area (Å²) < 4.78 is 17.5. The number of para-hydroxylation sites is 1. The number of hydrogen-bond acceptors (Lipinski definition) is 5. The number of hydrogen-bond donors (Lipinski definition) is 1. The number of likely N-dealkylation sites (tertiary alicyclic amines) is 1. The molecule has 31 heavy (non-hydrogen) atoms. The van der Waals surface area contributed by atoms with Gasteiger partial charge in [-0.1, -0.05) is 24.3 Å². The van der Waals surface area contributed by atoms with E-state index in [9.17, 15) is 9.59 Å². The van der Waals surface area contributed by atoms with Gasteiger partial charge in [0.1, 0.15) is 35.2 Å². The van der Waals surface area contributed by atoms with Gasteiger partial charge in [0.05, 0.1) is 6.54 Å². The zero-order valence-electron chi connectivity index (χ0n) is 17.9. The lowest BCUT2D eigenvalue weighted by atomic mass is 9.77. The Bertz CT molecular complexity index is 1060. The molecule has 0 bridgehead atoms. The molecule has 2 aromatic carbocycles. The number of carbonyl (C=O) groups is 2. The van der Waals surface area contributed by atoms with Crippen molar-refractivity contribution < 1.29 is 23.8 Å². The number of nitrogens with zero attached hydrogens (tertiary/aromatic N) is 1. The fourth-order valence-electron chi connectivity index (χ4n) is 4.55. The van der Waals surface area contributed by atoms with Gasteiger partial charge in [-0.2, -0.15) is 0 Å². The number of amides is 2. The van der Waals surface area contributed by atoms with Gasteiger partial charge in [-0.15, -0.1) is 0 Å². The smallest absolute Gasteiger partial charge is 0.410 e. The van der Waals surface area contributed by atoms with Gasteiger partial charge in [-0.25, -0.2) is 4.79 Å². The molecule has 0 aromatic heterocycles. The number of fused-ring (bicyclic) bond motifs is 4. The number of rotatable bonds is 2. The van der Waals surface area contributed by atoms with Crippen molar-refractivity contribution >= 4 is 17.7 Å². The molecule has 2 aromatic rings. The first-order chi connectivity index (χ1) is 14.8. The molecule has 1 spiro atoms. The van der Waals surface area contributed by atoms with E-state index in [-0.39, 0.29) is 24.7 Å². The first kappa shape index (κ1) is 19.7. The molecule has 0 saturated carbocycles. The van der Waals surface area contributed by atoms with Gasteiger partial charge >= 0.3 is 6.09 Å². The van der Waals surface area contributed by atoms with Crippen LogP contribution in [-0.4, -0.2) is 48.3 Å². The van der Waals surface area contributed by atoms with Crippen LogP contribution < -0.4 is 14.8 Å². The second kappa shape index (κ2) is 6.90. The topological polar surface area (TPSA) is 77.1 Å². The molecule has 7 nitrogen and oxygen atoms in total. The minimum atomic E-state index is -0.814. The van der Waals surface area contributed by atoms with E-state index in [0.717, 1.165) is 23.2 Å². The van der Waals surface area contributed by atoms with Crippen molar-refractivity contribution in [1.82, 2.24) is 4.90 Å².